The molecule has 0 atom stereocenters. The number of carbonyl (C=O) groups is 2. The Morgan fingerprint density at radius 3 is 1.53 bits per heavy atom. The van der Waals surface area contributed by atoms with E-state index >= 15 is 0 Å². The minimum Gasteiger partial charge on any atom is -0.480 e. The van der Waals surface area contributed by atoms with E-state index in [0.717, 1.165) is 0 Å². The van der Waals surface area contributed by atoms with Gasteiger partial charge in [0, 0.05) is 6.92 Å². The molecule has 108 valence electrons. The van der Waals surface area contributed by atoms with Crippen LogP contribution in [0.3, 0.4) is 0 Å². The zero-order chi connectivity index (χ0) is 15.3. The van der Waals surface area contributed by atoms with E-state index < -0.39 is 5.97 Å². The molecule has 0 aromatic heterocycles. The fraction of sp³-hybridized carbons (Fsp3) is 0.467. The molecule has 1 rings (SSSR count). The van der Waals surface area contributed by atoms with Gasteiger partial charge in [-0.2, -0.15) is 0 Å². The molecule has 0 radical (unpaired) electrons. The number of amides is 1. The summed E-state index contributed by atoms with van der Waals surface area (Å²) in [6.45, 7) is 9.41. The van der Waals surface area contributed by atoms with E-state index in [2.05, 4.69) is 57.3 Å². The Balaban J connectivity index is 0. The van der Waals surface area contributed by atoms with Crippen LogP contribution in [0, 0.1) is 13.8 Å². The summed E-state index contributed by atoms with van der Waals surface area (Å²) in [4.78, 5) is 19.7. The van der Waals surface area contributed by atoms with E-state index in [0.29, 0.717) is 0 Å². The van der Waals surface area contributed by atoms with E-state index in [4.69, 9.17) is 5.11 Å². The predicted molar refractivity (Wildman–Crippen MR) is 78.2 cm³/mol. The van der Waals surface area contributed by atoms with Crippen molar-refractivity contribution in [3.05, 3.63) is 35.4 Å². The topological polar surface area (TPSA) is 66.4 Å². The molecule has 4 nitrogen and oxygen atoms in total. The Morgan fingerprint density at radius 2 is 1.37 bits per heavy atom. The van der Waals surface area contributed by atoms with Crippen LogP contribution < -0.4 is 5.32 Å². The number of carboxylic acid groups (broad SMARTS) is 1. The van der Waals surface area contributed by atoms with Crippen LogP contribution in [-0.4, -0.2) is 23.5 Å². The van der Waals surface area contributed by atoms with Crippen molar-refractivity contribution in [3.8, 4) is 0 Å². The number of carboxylic acids is 1. The third-order valence-corrected chi connectivity index (χ3v) is 1.71. The molecular formula is C15H25NO3. The van der Waals surface area contributed by atoms with Gasteiger partial charge >= 0.3 is 5.97 Å². The fourth-order valence-electron chi connectivity index (χ4n) is 0.837. The smallest absolute Gasteiger partial charge is 0.322 e. The lowest BCUT2D eigenvalue weighted by molar-refractivity contribution is -0.137. The van der Waals surface area contributed by atoms with Crippen molar-refractivity contribution in [2.75, 3.05) is 6.54 Å². The van der Waals surface area contributed by atoms with E-state index in [9.17, 15) is 9.59 Å². The second-order valence-corrected chi connectivity index (χ2v) is 4.17. The van der Waals surface area contributed by atoms with Crippen LogP contribution in [0.1, 0.15) is 38.3 Å². The lowest BCUT2D eigenvalue weighted by atomic mass is 10.2. The van der Waals surface area contributed by atoms with Gasteiger partial charge in [-0.25, -0.2) is 0 Å². The Labute approximate surface area is 115 Å². The molecule has 0 saturated carbocycles. The molecule has 0 bridgehead atoms. The highest BCUT2D eigenvalue weighted by Gasteiger charge is 1.94. The largest absolute Gasteiger partial charge is 0.480 e. The average molecular weight is 267 g/mol. The number of aryl methyl sites for hydroxylation is 2. The quantitative estimate of drug-likeness (QED) is 0.865. The van der Waals surface area contributed by atoms with Crippen molar-refractivity contribution >= 4 is 11.9 Å². The van der Waals surface area contributed by atoms with E-state index in [1.54, 1.807) is 0 Å². The molecule has 0 aliphatic rings. The van der Waals surface area contributed by atoms with Gasteiger partial charge in [0.05, 0.1) is 0 Å². The van der Waals surface area contributed by atoms with E-state index in [1.165, 1.54) is 24.5 Å². The number of benzene rings is 1. The highest BCUT2D eigenvalue weighted by atomic mass is 16.4. The first-order valence-corrected chi connectivity index (χ1v) is 6.32. The van der Waals surface area contributed by atoms with E-state index in [1.807, 2.05) is 0 Å². The minimum absolute atomic E-state index is 0.296. The molecule has 19 heavy (non-hydrogen) atoms. The SMILES string of the molecule is CC(=O)NCC(=O)O.CCC.Cc1ccc(C)cc1. The van der Waals surface area contributed by atoms with E-state index in [-0.39, 0.29) is 12.5 Å². The highest BCUT2D eigenvalue weighted by Crippen LogP contribution is 1.99. The zero-order valence-electron chi connectivity index (χ0n) is 12.5. The number of hydrogen-bond donors (Lipinski definition) is 2. The summed E-state index contributed by atoms with van der Waals surface area (Å²) in [5.74, 6) is -1.35. The number of hydrogen-bond acceptors (Lipinski definition) is 2. The van der Waals surface area contributed by atoms with Crippen molar-refractivity contribution in [2.45, 2.75) is 41.0 Å². The van der Waals surface area contributed by atoms with Gasteiger partial charge in [0.2, 0.25) is 5.91 Å². The first-order chi connectivity index (χ1) is 8.83. The van der Waals surface area contributed by atoms with Crippen LogP contribution in [0.15, 0.2) is 24.3 Å². The van der Waals surface area contributed by atoms with Crippen molar-refractivity contribution in [3.63, 3.8) is 0 Å². The van der Waals surface area contributed by atoms with Gasteiger partial charge in [-0.15, -0.1) is 0 Å². The lowest BCUT2D eigenvalue weighted by Crippen LogP contribution is -2.26. The van der Waals surface area contributed by atoms with Crippen LogP contribution in [0.2, 0.25) is 0 Å². The van der Waals surface area contributed by atoms with Crippen LogP contribution in [0.25, 0.3) is 0 Å². The van der Waals surface area contributed by atoms with Crippen LogP contribution in [0.4, 0.5) is 0 Å². The number of aliphatic carboxylic acids is 1. The minimum atomic E-state index is -1.03. The van der Waals surface area contributed by atoms with Gasteiger partial charge in [0.1, 0.15) is 6.54 Å². The third-order valence-electron chi connectivity index (χ3n) is 1.71. The molecule has 1 aromatic carbocycles. The van der Waals surface area contributed by atoms with Crippen molar-refractivity contribution in [1.82, 2.24) is 5.32 Å². The maximum Gasteiger partial charge on any atom is 0.322 e. The van der Waals surface area contributed by atoms with Crippen LogP contribution in [-0.2, 0) is 9.59 Å². The van der Waals surface area contributed by atoms with Crippen molar-refractivity contribution in [2.24, 2.45) is 0 Å². The molecule has 0 fully saturated rings. The predicted octanol–water partition coefficient (Wildman–Crippen LogP) is 2.93. The van der Waals surface area contributed by atoms with Gasteiger partial charge in [0.25, 0.3) is 0 Å². The number of carbonyl (C=O) groups excluding carboxylic acids is 1. The third kappa shape index (κ3) is 18.7. The molecule has 0 heterocycles. The second kappa shape index (κ2) is 12.6. The summed E-state index contributed by atoms with van der Waals surface area (Å²) in [6.07, 6.45) is 1.25. The van der Waals surface area contributed by atoms with Gasteiger partial charge in [-0.05, 0) is 13.8 Å². The first kappa shape index (κ1) is 19.5. The highest BCUT2D eigenvalue weighted by molar-refractivity contribution is 5.79. The summed E-state index contributed by atoms with van der Waals surface area (Å²) in [7, 11) is 0. The van der Waals surface area contributed by atoms with Gasteiger partial charge in [-0.3, -0.25) is 9.59 Å². The Bertz CT molecular complexity index is 323. The van der Waals surface area contributed by atoms with Gasteiger partial charge in [-0.1, -0.05) is 55.7 Å². The summed E-state index contributed by atoms with van der Waals surface area (Å²) >= 11 is 0. The number of rotatable bonds is 2. The summed E-state index contributed by atoms with van der Waals surface area (Å²) in [5, 5.41) is 10.1. The monoisotopic (exact) mass is 267 g/mol. The van der Waals surface area contributed by atoms with Gasteiger partial charge in [0.15, 0.2) is 0 Å². The average Bonchev–Trinajstić information content (AvgIpc) is 2.32. The Kier molecular flexibility index (Phi) is 12.9. The summed E-state index contributed by atoms with van der Waals surface area (Å²) < 4.78 is 0. The summed E-state index contributed by atoms with van der Waals surface area (Å²) in [6, 6.07) is 8.48. The normalized spacial score (nSPS) is 8.26. The fourth-order valence-corrected chi connectivity index (χ4v) is 0.837. The maximum absolute atomic E-state index is 9.97. The molecule has 4 heteroatoms. The molecule has 0 aliphatic carbocycles. The summed E-state index contributed by atoms with van der Waals surface area (Å²) in [5.41, 5.74) is 2.66. The number of nitrogens with one attached hydrogen (secondary N) is 1. The van der Waals surface area contributed by atoms with Gasteiger partial charge < -0.3 is 10.4 Å². The zero-order valence-corrected chi connectivity index (χ0v) is 12.5. The standard InChI is InChI=1S/C8H10.C4H7NO3.C3H8/c1-7-3-5-8(2)6-4-7;1-3(6)5-2-4(7)8;1-3-2/h3-6H,1-2H3;2H2,1H3,(H,5,6)(H,7,8);3H2,1-2H3. The lowest BCUT2D eigenvalue weighted by Gasteiger charge is -1.92. The second-order valence-electron chi connectivity index (χ2n) is 4.17. The molecule has 1 amide bonds. The molecule has 0 aliphatic heterocycles. The van der Waals surface area contributed by atoms with Crippen LogP contribution in [0.5, 0.6) is 0 Å². The molecule has 2 N–H and O–H groups in total. The van der Waals surface area contributed by atoms with Crippen molar-refractivity contribution < 1.29 is 14.7 Å². The Morgan fingerprint density at radius 1 is 1.05 bits per heavy atom. The molecule has 1 aromatic rings. The maximum atomic E-state index is 9.97. The van der Waals surface area contributed by atoms with Crippen LogP contribution >= 0.6 is 0 Å². The first-order valence-electron chi connectivity index (χ1n) is 6.32. The van der Waals surface area contributed by atoms with Crippen molar-refractivity contribution in [1.29, 1.82) is 0 Å². The molecular weight excluding hydrogens is 242 g/mol. The molecule has 0 saturated heterocycles. The Hall–Kier alpha value is -1.84. The molecule has 0 spiro atoms. The molecule has 0 unspecified atom stereocenters.